The quantitative estimate of drug-likeness (QED) is 0.818. The first-order valence-corrected chi connectivity index (χ1v) is 5.67. The van der Waals surface area contributed by atoms with Crippen molar-refractivity contribution in [3.63, 3.8) is 0 Å². The van der Waals surface area contributed by atoms with Gasteiger partial charge in [0, 0.05) is 6.54 Å². The summed E-state index contributed by atoms with van der Waals surface area (Å²) in [5, 5.41) is 3.20. The highest BCUT2D eigenvalue weighted by Gasteiger charge is 2.16. The van der Waals surface area contributed by atoms with E-state index < -0.39 is 0 Å². The van der Waals surface area contributed by atoms with E-state index in [1.54, 1.807) is 0 Å². The first kappa shape index (κ1) is 10.7. The van der Waals surface area contributed by atoms with Crippen LogP contribution in [0.1, 0.15) is 31.1 Å². The number of hydrogen-bond acceptors (Lipinski definition) is 2. The summed E-state index contributed by atoms with van der Waals surface area (Å²) in [6.07, 6.45) is 1.41. The van der Waals surface area contributed by atoms with E-state index in [4.69, 9.17) is 4.74 Å². The highest BCUT2D eigenvalue weighted by Crippen LogP contribution is 2.20. The van der Waals surface area contributed by atoms with Gasteiger partial charge in [0.1, 0.15) is 0 Å². The molecular weight excluding hydrogens is 186 g/mol. The molecule has 15 heavy (non-hydrogen) atoms. The molecule has 1 aromatic carbocycles. The smallest absolute Gasteiger partial charge is 0.0975 e. The van der Waals surface area contributed by atoms with Gasteiger partial charge in [0.25, 0.3) is 0 Å². The summed E-state index contributed by atoms with van der Waals surface area (Å²) in [5.74, 6) is 0.722. The largest absolute Gasteiger partial charge is 0.357 e. The van der Waals surface area contributed by atoms with E-state index in [1.165, 1.54) is 11.1 Å². The van der Waals surface area contributed by atoms with Crippen molar-refractivity contribution in [3.8, 4) is 0 Å². The van der Waals surface area contributed by atoms with Crippen LogP contribution in [0.5, 0.6) is 0 Å². The molecule has 1 fully saturated rings. The molecule has 0 saturated carbocycles. The maximum absolute atomic E-state index is 5.55. The Morgan fingerprint density at radius 2 is 2.07 bits per heavy atom. The maximum Gasteiger partial charge on any atom is 0.0975 e. The van der Waals surface area contributed by atoms with Crippen molar-refractivity contribution in [3.05, 3.63) is 35.4 Å². The first-order chi connectivity index (χ1) is 7.25. The van der Waals surface area contributed by atoms with Crippen LogP contribution in [-0.4, -0.2) is 13.3 Å². The number of rotatable bonds is 3. The van der Waals surface area contributed by atoms with Crippen LogP contribution in [0.25, 0.3) is 0 Å². The topological polar surface area (TPSA) is 21.3 Å². The van der Waals surface area contributed by atoms with Crippen molar-refractivity contribution in [1.29, 1.82) is 0 Å². The van der Waals surface area contributed by atoms with Crippen LogP contribution in [0.3, 0.4) is 0 Å². The molecule has 2 nitrogen and oxygen atoms in total. The van der Waals surface area contributed by atoms with Crippen LogP contribution in [0.2, 0.25) is 0 Å². The average Bonchev–Trinajstić information content (AvgIpc) is 2.71. The molecule has 0 spiro atoms. The fourth-order valence-electron chi connectivity index (χ4n) is 1.96. The summed E-state index contributed by atoms with van der Waals surface area (Å²) in [4.78, 5) is 0. The average molecular weight is 205 g/mol. The molecule has 0 amide bonds. The molecule has 1 saturated heterocycles. The third kappa shape index (κ3) is 2.80. The summed E-state index contributed by atoms with van der Waals surface area (Å²) < 4.78 is 5.55. The Balaban J connectivity index is 2.03. The Labute approximate surface area is 91.6 Å². The number of ether oxygens (including phenoxy) is 1. The van der Waals surface area contributed by atoms with Crippen LogP contribution in [0.4, 0.5) is 0 Å². The molecule has 1 atom stereocenters. The van der Waals surface area contributed by atoms with Crippen LogP contribution in [0.15, 0.2) is 24.3 Å². The minimum Gasteiger partial charge on any atom is -0.357 e. The molecule has 82 valence electrons. The Kier molecular flexibility index (Phi) is 3.39. The van der Waals surface area contributed by atoms with Crippen LogP contribution in [-0.2, 0) is 11.2 Å². The zero-order valence-corrected chi connectivity index (χ0v) is 9.49. The summed E-state index contributed by atoms with van der Waals surface area (Å²) in [6, 6.07) is 8.82. The number of benzene rings is 1. The molecule has 0 aromatic heterocycles. The highest BCUT2D eigenvalue weighted by molar-refractivity contribution is 5.25. The lowest BCUT2D eigenvalue weighted by atomic mass is 10.0. The Morgan fingerprint density at radius 3 is 2.60 bits per heavy atom. The third-order valence-electron chi connectivity index (χ3n) is 2.71. The van der Waals surface area contributed by atoms with Gasteiger partial charge < -0.3 is 4.74 Å². The van der Waals surface area contributed by atoms with Gasteiger partial charge in [-0.3, -0.25) is 5.32 Å². The molecule has 1 aromatic rings. The van der Waals surface area contributed by atoms with Gasteiger partial charge in [0.2, 0.25) is 0 Å². The van der Waals surface area contributed by atoms with Crippen molar-refractivity contribution < 1.29 is 4.74 Å². The first-order valence-electron chi connectivity index (χ1n) is 5.67. The van der Waals surface area contributed by atoms with Gasteiger partial charge in [-0.25, -0.2) is 0 Å². The lowest BCUT2D eigenvalue weighted by Crippen LogP contribution is -2.07. The summed E-state index contributed by atoms with van der Waals surface area (Å²) in [7, 11) is 0. The molecule has 1 N–H and O–H groups in total. The predicted molar refractivity (Wildman–Crippen MR) is 61.7 cm³/mol. The van der Waals surface area contributed by atoms with Gasteiger partial charge in [-0.05, 0) is 23.5 Å². The molecule has 0 aliphatic carbocycles. The van der Waals surface area contributed by atoms with Gasteiger partial charge in [0.05, 0.1) is 12.8 Å². The van der Waals surface area contributed by atoms with Gasteiger partial charge in [-0.2, -0.15) is 0 Å². The molecule has 1 aliphatic heterocycles. The molecule has 1 aliphatic rings. The Morgan fingerprint density at radius 1 is 1.33 bits per heavy atom. The van der Waals surface area contributed by atoms with Crippen molar-refractivity contribution in [2.45, 2.75) is 26.4 Å². The van der Waals surface area contributed by atoms with E-state index in [0.717, 1.165) is 18.9 Å². The highest BCUT2D eigenvalue weighted by atomic mass is 16.5. The third-order valence-corrected chi connectivity index (χ3v) is 2.71. The normalized spacial score (nSPS) is 21.1. The summed E-state index contributed by atoms with van der Waals surface area (Å²) in [6.45, 7) is 6.11. The van der Waals surface area contributed by atoms with Gasteiger partial charge in [0.15, 0.2) is 0 Å². The summed E-state index contributed by atoms with van der Waals surface area (Å²) in [5.41, 5.74) is 2.70. The molecule has 0 radical (unpaired) electrons. The number of nitrogens with one attached hydrogen (secondary N) is 1. The fraction of sp³-hybridized carbons (Fsp3) is 0.538. The minimum atomic E-state index is 0.248. The molecule has 2 heteroatoms. The maximum atomic E-state index is 5.55. The van der Waals surface area contributed by atoms with Crippen LogP contribution in [0, 0.1) is 5.92 Å². The van der Waals surface area contributed by atoms with E-state index in [0.29, 0.717) is 6.73 Å². The SMILES string of the molecule is CC(C)Cc1ccc(C2CNCO2)cc1. The molecule has 2 rings (SSSR count). The zero-order chi connectivity index (χ0) is 10.7. The zero-order valence-electron chi connectivity index (χ0n) is 9.49. The fourth-order valence-corrected chi connectivity index (χ4v) is 1.96. The standard InChI is InChI=1S/C13H19NO/c1-10(2)7-11-3-5-12(6-4-11)13-8-14-9-15-13/h3-6,10,13-14H,7-9H2,1-2H3. The Hall–Kier alpha value is -0.860. The van der Waals surface area contributed by atoms with Crippen molar-refractivity contribution in [2.24, 2.45) is 5.92 Å². The molecule has 1 unspecified atom stereocenters. The van der Waals surface area contributed by atoms with E-state index in [2.05, 4.69) is 43.4 Å². The molecule has 0 bridgehead atoms. The second-order valence-electron chi connectivity index (χ2n) is 4.59. The van der Waals surface area contributed by atoms with E-state index in [9.17, 15) is 0 Å². The minimum absolute atomic E-state index is 0.248. The predicted octanol–water partition coefficient (Wildman–Crippen LogP) is 2.50. The second-order valence-corrected chi connectivity index (χ2v) is 4.59. The lowest BCUT2D eigenvalue weighted by molar-refractivity contribution is 0.114. The van der Waals surface area contributed by atoms with Crippen molar-refractivity contribution in [2.75, 3.05) is 13.3 Å². The van der Waals surface area contributed by atoms with Crippen molar-refractivity contribution in [1.82, 2.24) is 5.32 Å². The van der Waals surface area contributed by atoms with E-state index >= 15 is 0 Å². The van der Waals surface area contributed by atoms with E-state index in [-0.39, 0.29) is 6.10 Å². The van der Waals surface area contributed by atoms with Gasteiger partial charge in [-0.1, -0.05) is 38.1 Å². The van der Waals surface area contributed by atoms with E-state index in [1.807, 2.05) is 0 Å². The van der Waals surface area contributed by atoms with Crippen LogP contribution >= 0.6 is 0 Å². The van der Waals surface area contributed by atoms with Gasteiger partial charge in [-0.15, -0.1) is 0 Å². The van der Waals surface area contributed by atoms with Crippen LogP contribution < -0.4 is 5.32 Å². The monoisotopic (exact) mass is 205 g/mol. The summed E-state index contributed by atoms with van der Waals surface area (Å²) >= 11 is 0. The lowest BCUT2D eigenvalue weighted by Gasteiger charge is -2.10. The molecule has 1 heterocycles. The van der Waals surface area contributed by atoms with Gasteiger partial charge >= 0.3 is 0 Å². The van der Waals surface area contributed by atoms with Crippen molar-refractivity contribution >= 4 is 0 Å². The Bertz CT molecular complexity index is 299. The second kappa shape index (κ2) is 4.77. The number of hydrogen-bond donors (Lipinski definition) is 1. The molecular formula is C13H19NO.